The first-order valence-corrected chi connectivity index (χ1v) is 8.87. The summed E-state index contributed by atoms with van der Waals surface area (Å²) in [7, 11) is 0. The highest BCUT2D eigenvalue weighted by atomic mass is 16.5. The van der Waals surface area contributed by atoms with Crippen LogP contribution in [0.5, 0.6) is 0 Å². The fourth-order valence-electron chi connectivity index (χ4n) is 3.43. The number of benzene rings is 1. The van der Waals surface area contributed by atoms with Gasteiger partial charge in [-0.3, -0.25) is 10.1 Å². The molecule has 4 rings (SSSR count). The number of carbonyl (C=O) groups excluding carboxylic acids is 1. The van der Waals surface area contributed by atoms with E-state index >= 15 is 0 Å². The molecule has 6 nitrogen and oxygen atoms in total. The first kappa shape index (κ1) is 16.3. The highest BCUT2D eigenvalue weighted by Gasteiger charge is 2.39. The Hall–Kier alpha value is -2.18. The smallest absolute Gasteiger partial charge is 0.258 e. The Labute approximate surface area is 146 Å². The lowest BCUT2D eigenvalue weighted by Crippen LogP contribution is -2.36. The summed E-state index contributed by atoms with van der Waals surface area (Å²) in [6.45, 7) is 3.52. The average molecular weight is 341 g/mol. The molecule has 2 N–H and O–H groups in total. The van der Waals surface area contributed by atoms with Gasteiger partial charge in [-0.1, -0.05) is 17.3 Å². The summed E-state index contributed by atoms with van der Waals surface area (Å²) in [5, 5.41) is 10.3. The fraction of sp³-hybridized carbons (Fsp3) is 0.474. The molecule has 0 unspecified atom stereocenters. The van der Waals surface area contributed by atoms with Crippen molar-refractivity contribution in [2.45, 2.75) is 44.2 Å². The number of nitrogens with zero attached hydrogens (tertiary/aromatic N) is 1. The van der Waals surface area contributed by atoms with Gasteiger partial charge in [0, 0.05) is 42.8 Å². The van der Waals surface area contributed by atoms with Crippen molar-refractivity contribution < 1.29 is 14.1 Å². The fourth-order valence-corrected chi connectivity index (χ4v) is 3.43. The minimum absolute atomic E-state index is 0.174. The van der Waals surface area contributed by atoms with Crippen LogP contribution in [0.25, 0.3) is 0 Å². The van der Waals surface area contributed by atoms with Gasteiger partial charge in [-0.05, 0) is 43.9 Å². The molecule has 0 spiro atoms. The van der Waals surface area contributed by atoms with Gasteiger partial charge in [0.15, 0.2) is 0 Å². The largest absolute Gasteiger partial charge is 0.381 e. The number of hydrogen-bond acceptors (Lipinski definition) is 5. The van der Waals surface area contributed by atoms with Crippen LogP contribution in [0, 0.1) is 6.92 Å². The number of nitrogens with one attached hydrogen (secondary N) is 2. The summed E-state index contributed by atoms with van der Waals surface area (Å²) >= 11 is 0. The van der Waals surface area contributed by atoms with Gasteiger partial charge >= 0.3 is 0 Å². The zero-order chi connectivity index (χ0) is 17.2. The number of rotatable bonds is 5. The quantitative estimate of drug-likeness (QED) is 0.874. The van der Waals surface area contributed by atoms with E-state index in [-0.39, 0.29) is 5.91 Å². The molecule has 1 aromatic carbocycles. The normalized spacial score (nSPS) is 23.4. The lowest BCUT2D eigenvalue weighted by molar-refractivity contribution is 0.0774. The Morgan fingerprint density at radius 2 is 2.08 bits per heavy atom. The van der Waals surface area contributed by atoms with Crippen LogP contribution in [0.1, 0.15) is 46.8 Å². The van der Waals surface area contributed by atoms with Crippen molar-refractivity contribution in [2.24, 2.45) is 0 Å². The summed E-state index contributed by atoms with van der Waals surface area (Å²) < 4.78 is 10.5. The second kappa shape index (κ2) is 6.98. The summed E-state index contributed by atoms with van der Waals surface area (Å²) in [6.07, 6.45) is 3.30. The monoisotopic (exact) mass is 341 g/mol. The topological polar surface area (TPSA) is 76.4 Å². The maximum absolute atomic E-state index is 12.4. The van der Waals surface area contributed by atoms with Crippen LogP contribution < -0.4 is 10.6 Å². The van der Waals surface area contributed by atoms with Gasteiger partial charge in [-0.2, -0.15) is 0 Å². The second-order valence-corrected chi connectivity index (χ2v) is 6.91. The number of carbonyl (C=O) groups is 1. The van der Waals surface area contributed by atoms with E-state index < -0.39 is 0 Å². The second-order valence-electron chi connectivity index (χ2n) is 6.91. The van der Waals surface area contributed by atoms with E-state index in [1.165, 1.54) is 5.56 Å². The molecule has 25 heavy (non-hydrogen) atoms. The van der Waals surface area contributed by atoms with Gasteiger partial charge < -0.3 is 14.6 Å². The highest BCUT2D eigenvalue weighted by Crippen LogP contribution is 2.41. The van der Waals surface area contributed by atoms with Crippen molar-refractivity contribution in [1.29, 1.82) is 0 Å². The molecule has 1 saturated carbocycles. The predicted molar refractivity (Wildman–Crippen MR) is 93.8 cm³/mol. The molecule has 1 aliphatic heterocycles. The molecule has 2 aromatic rings. The molecule has 2 atom stereocenters. The molecule has 2 aliphatic rings. The standard InChI is InChI=1S/C19H23N3O3/c1-12-9-18(25-22-12)21-19(23)14-4-2-3-13(10-14)16-11-17(16)20-15-5-7-24-8-6-15/h2-4,9-10,15-17,20H,5-8,11H2,1H3,(H,21,23)/t16-,17+/m0/s1. The molecular weight excluding hydrogens is 318 g/mol. The van der Waals surface area contributed by atoms with Crippen LogP contribution in [0.2, 0.25) is 0 Å². The van der Waals surface area contributed by atoms with E-state index in [9.17, 15) is 4.79 Å². The molecule has 132 valence electrons. The van der Waals surface area contributed by atoms with E-state index in [2.05, 4.69) is 21.9 Å². The van der Waals surface area contributed by atoms with Crippen LogP contribution in [-0.4, -0.2) is 36.4 Å². The lowest BCUT2D eigenvalue weighted by atomic mass is 10.1. The number of amides is 1. The number of ether oxygens (including phenoxy) is 1. The van der Waals surface area contributed by atoms with E-state index in [0.29, 0.717) is 29.4 Å². The number of anilines is 1. The Morgan fingerprint density at radius 3 is 2.84 bits per heavy atom. The molecule has 2 heterocycles. The van der Waals surface area contributed by atoms with E-state index in [0.717, 1.165) is 38.2 Å². The Morgan fingerprint density at radius 1 is 1.24 bits per heavy atom. The summed E-state index contributed by atoms with van der Waals surface area (Å²) in [4.78, 5) is 12.4. The van der Waals surface area contributed by atoms with Crippen molar-refractivity contribution in [3.8, 4) is 0 Å². The molecule has 1 amide bonds. The van der Waals surface area contributed by atoms with Gasteiger partial charge in [-0.15, -0.1) is 0 Å². The number of aromatic nitrogens is 1. The van der Waals surface area contributed by atoms with Crippen LogP contribution in [0.3, 0.4) is 0 Å². The molecule has 1 aliphatic carbocycles. The molecule has 2 fully saturated rings. The van der Waals surface area contributed by atoms with Crippen molar-refractivity contribution in [2.75, 3.05) is 18.5 Å². The Bertz CT molecular complexity index is 752. The molecule has 0 bridgehead atoms. The SMILES string of the molecule is Cc1cc(NC(=O)c2cccc([C@@H]3C[C@H]3NC3CCOCC3)c2)on1. The van der Waals surface area contributed by atoms with Crippen LogP contribution in [-0.2, 0) is 4.74 Å². The summed E-state index contributed by atoms with van der Waals surface area (Å²) in [5.74, 6) is 0.689. The summed E-state index contributed by atoms with van der Waals surface area (Å²) in [5.41, 5.74) is 2.60. The van der Waals surface area contributed by atoms with Gasteiger partial charge in [0.05, 0.1) is 5.69 Å². The number of aryl methyl sites for hydroxylation is 1. The van der Waals surface area contributed by atoms with Crippen molar-refractivity contribution in [1.82, 2.24) is 10.5 Å². The third-order valence-corrected chi connectivity index (χ3v) is 4.90. The van der Waals surface area contributed by atoms with Crippen molar-refractivity contribution >= 4 is 11.8 Å². The number of hydrogen-bond donors (Lipinski definition) is 2. The maximum Gasteiger partial charge on any atom is 0.258 e. The molecule has 0 radical (unpaired) electrons. The van der Waals surface area contributed by atoms with Crippen molar-refractivity contribution in [3.05, 3.63) is 47.2 Å². The minimum atomic E-state index is -0.174. The van der Waals surface area contributed by atoms with Gasteiger partial charge in [-0.25, -0.2) is 0 Å². The third kappa shape index (κ3) is 3.91. The van der Waals surface area contributed by atoms with E-state index in [4.69, 9.17) is 9.26 Å². The van der Waals surface area contributed by atoms with Crippen molar-refractivity contribution in [3.63, 3.8) is 0 Å². The Balaban J connectivity index is 1.37. The first-order chi connectivity index (χ1) is 12.2. The van der Waals surface area contributed by atoms with E-state index in [1.54, 1.807) is 6.07 Å². The highest BCUT2D eigenvalue weighted by molar-refractivity contribution is 6.03. The molecule has 1 saturated heterocycles. The van der Waals surface area contributed by atoms with Gasteiger partial charge in [0.1, 0.15) is 0 Å². The first-order valence-electron chi connectivity index (χ1n) is 8.87. The minimum Gasteiger partial charge on any atom is -0.381 e. The molecular formula is C19H23N3O3. The predicted octanol–water partition coefficient (Wildman–Crippen LogP) is 2.86. The summed E-state index contributed by atoms with van der Waals surface area (Å²) in [6, 6.07) is 10.6. The molecule has 6 heteroatoms. The Kier molecular flexibility index (Phi) is 4.55. The van der Waals surface area contributed by atoms with Crippen LogP contribution in [0.4, 0.5) is 5.88 Å². The molecule has 1 aromatic heterocycles. The van der Waals surface area contributed by atoms with Gasteiger partial charge in [0.25, 0.3) is 5.91 Å². The van der Waals surface area contributed by atoms with Gasteiger partial charge in [0.2, 0.25) is 5.88 Å². The lowest BCUT2D eigenvalue weighted by Gasteiger charge is -2.23. The van der Waals surface area contributed by atoms with E-state index in [1.807, 2.05) is 25.1 Å². The third-order valence-electron chi connectivity index (χ3n) is 4.90. The zero-order valence-electron chi connectivity index (χ0n) is 14.3. The van der Waals surface area contributed by atoms with Crippen LogP contribution >= 0.6 is 0 Å². The zero-order valence-corrected chi connectivity index (χ0v) is 14.3. The maximum atomic E-state index is 12.4. The average Bonchev–Trinajstić information content (AvgIpc) is 3.28. The van der Waals surface area contributed by atoms with Crippen LogP contribution in [0.15, 0.2) is 34.9 Å².